The summed E-state index contributed by atoms with van der Waals surface area (Å²) < 4.78 is 7.19. The molecule has 1 aliphatic carbocycles. The van der Waals surface area contributed by atoms with Crippen LogP contribution < -0.4 is 15.6 Å². The Kier molecular flexibility index (Phi) is 6.77. The highest BCUT2D eigenvalue weighted by Gasteiger charge is 2.22. The molecular weight excluding hydrogens is 430 g/mol. The summed E-state index contributed by atoms with van der Waals surface area (Å²) in [5.41, 5.74) is 1.77. The van der Waals surface area contributed by atoms with E-state index in [1.165, 1.54) is 22.2 Å². The van der Waals surface area contributed by atoms with Gasteiger partial charge in [-0.1, -0.05) is 30.0 Å². The summed E-state index contributed by atoms with van der Waals surface area (Å²) in [4.78, 5) is 32.7. The zero-order valence-electron chi connectivity index (χ0n) is 17.5. The molecule has 0 aliphatic heterocycles. The number of thioether (sulfide) groups is 1. The molecule has 0 bridgehead atoms. The Bertz CT molecular complexity index is 1180. The zero-order chi connectivity index (χ0) is 21.8. The summed E-state index contributed by atoms with van der Waals surface area (Å²) in [5.74, 6) is 0.596. The van der Waals surface area contributed by atoms with Gasteiger partial charge in [-0.2, -0.15) is 0 Å². The SMILES string of the molecule is C=CCn1c(SCC(=O)Nc2ccccc2OCC)nc2sc3c(c2c1=O)CCCC3. The molecule has 4 rings (SSSR count). The monoisotopic (exact) mass is 455 g/mol. The smallest absolute Gasteiger partial charge is 0.263 e. The number of hydrogen-bond donors (Lipinski definition) is 1. The lowest BCUT2D eigenvalue weighted by molar-refractivity contribution is -0.113. The molecule has 0 saturated carbocycles. The van der Waals surface area contributed by atoms with E-state index in [-0.39, 0.29) is 17.2 Å². The van der Waals surface area contributed by atoms with Gasteiger partial charge in [-0.25, -0.2) is 4.98 Å². The van der Waals surface area contributed by atoms with Gasteiger partial charge in [0.25, 0.3) is 5.56 Å². The number of carbonyl (C=O) groups is 1. The van der Waals surface area contributed by atoms with Crippen LogP contribution in [-0.2, 0) is 24.2 Å². The second-order valence-electron chi connectivity index (χ2n) is 7.26. The topological polar surface area (TPSA) is 73.2 Å². The molecule has 0 unspecified atom stereocenters. The zero-order valence-corrected chi connectivity index (χ0v) is 19.1. The van der Waals surface area contributed by atoms with Gasteiger partial charge < -0.3 is 10.1 Å². The summed E-state index contributed by atoms with van der Waals surface area (Å²) in [6.45, 7) is 6.57. The minimum absolute atomic E-state index is 0.0334. The van der Waals surface area contributed by atoms with Gasteiger partial charge in [0.05, 0.1) is 23.4 Å². The van der Waals surface area contributed by atoms with Gasteiger partial charge in [-0.15, -0.1) is 17.9 Å². The Hall–Kier alpha value is -2.58. The number of hydrogen-bond acceptors (Lipinski definition) is 6. The van der Waals surface area contributed by atoms with Crippen LogP contribution in [-0.4, -0.2) is 27.8 Å². The number of aryl methyl sites for hydroxylation is 2. The first-order valence-electron chi connectivity index (χ1n) is 10.4. The Labute approximate surface area is 189 Å². The first kappa shape index (κ1) is 21.6. The number of aromatic nitrogens is 2. The fourth-order valence-electron chi connectivity index (χ4n) is 3.79. The third-order valence-electron chi connectivity index (χ3n) is 5.14. The number of amides is 1. The molecule has 0 fully saturated rings. The van der Waals surface area contributed by atoms with Crippen molar-refractivity contribution in [1.82, 2.24) is 9.55 Å². The van der Waals surface area contributed by atoms with Crippen molar-refractivity contribution in [2.24, 2.45) is 0 Å². The number of rotatable bonds is 8. The van der Waals surface area contributed by atoms with E-state index in [2.05, 4.69) is 11.9 Å². The molecule has 2 heterocycles. The van der Waals surface area contributed by atoms with Crippen molar-refractivity contribution in [3.63, 3.8) is 0 Å². The number of nitrogens with zero attached hydrogens (tertiary/aromatic N) is 2. The van der Waals surface area contributed by atoms with Crippen LogP contribution in [0.5, 0.6) is 5.75 Å². The maximum atomic E-state index is 13.3. The first-order chi connectivity index (χ1) is 15.1. The van der Waals surface area contributed by atoms with Gasteiger partial charge >= 0.3 is 0 Å². The molecule has 1 amide bonds. The van der Waals surface area contributed by atoms with Gasteiger partial charge in [0.1, 0.15) is 10.6 Å². The van der Waals surface area contributed by atoms with Gasteiger partial charge in [0.15, 0.2) is 5.16 Å². The van der Waals surface area contributed by atoms with Gasteiger partial charge in [0, 0.05) is 11.4 Å². The highest BCUT2D eigenvalue weighted by Crippen LogP contribution is 2.34. The van der Waals surface area contributed by atoms with E-state index in [0.717, 1.165) is 35.9 Å². The van der Waals surface area contributed by atoms with E-state index in [0.29, 0.717) is 29.7 Å². The number of allylic oxidation sites excluding steroid dienone is 1. The normalized spacial score (nSPS) is 13.1. The fourth-order valence-corrected chi connectivity index (χ4v) is 5.90. The number of para-hydroxylation sites is 2. The fraction of sp³-hybridized carbons (Fsp3) is 0.348. The molecule has 31 heavy (non-hydrogen) atoms. The van der Waals surface area contributed by atoms with Crippen LogP contribution in [0.25, 0.3) is 10.2 Å². The molecule has 0 radical (unpaired) electrons. The predicted molar refractivity (Wildman–Crippen MR) is 128 cm³/mol. The van der Waals surface area contributed by atoms with Crippen LogP contribution in [0.2, 0.25) is 0 Å². The van der Waals surface area contributed by atoms with Crippen molar-refractivity contribution in [2.45, 2.75) is 44.3 Å². The Morgan fingerprint density at radius 1 is 1.35 bits per heavy atom. The molecule has 8 heteroatoms. The lowest BCUT2D eigenvalue weighted by atomic mass is 9.97. The minimum Gasteiger partial charge on any atom is -0.492 e. The number of carbonyl (C=O) groups excluding carboxylic acids is 1. The molecule has 1 aromatic carbocycles. The van der Waals surface area contributed by atoms with E-state index >= 15 is 0 Å². The lowest BCUT2D eigenvalue weighted by Gasteiger charge is -2.13. The quantitative estimate of drug-likeness (QED) is 0.304. The summed E-state index contributed by atoms with van der Waals surface area (Å²) in [5, 5.41) is 4.19. The van der Waals surface area contributed by atoms with E-state index < -0.39 is 0 Å². The van der Waals surface area contributed by atoms with Crippen LogP contribution in [0.4, 0.5) is 5.69 Å². The number of ether oxygens (including phenoxy) is 1. The molecule has 0 saturated heterocycles. The lowest BCUT2D eigenvalue weighted by Crippen LogP contribution is -2.24. The molecule has 0 spiro atoms. The average molecular weight is 456 g/mol. The van der Waals surface area contributed by atoms with Crippen LogP contribution in [0.3, 0.4) is 0 Å². The number of nitrogens with one attached hydrogen (secondary N) is 1. The number of benzene rings is 1. The van der Waals surface area contributed by atoms with Crippen molar-refractivity contribution < 1.29 is 9.53 Å². The van der Waals surface area contributed by atoms with Crippen molar-refractivity contribution in [1.29, 1.82) is 0 Å². The molecule has 1 aliphatic rings. The van der Waals surface area contributed by atoms with Gasteiger partial charge in [-0.05, 0) is 50.3 Å². The molecule has 162 valence electrons. The number of thiophene rings is 1. The molecule has 1 N–H and O–H groups in total. The van der Waals surface area contributed by atoms with Crippen LogP contribution in [0.15, 0.2) is 46.9 Å². The Balaban J connectivity index is 1.58. The minimum atomic E-state index is -0.179. The molecule has 0 atom stereocenters. The van der Waals surface area contributed by atoms with E-state index in [9.17, 15) is 9.59 Å². The molecule has 6 nitrogen and oxygen atoms in total. The summed E-state index contributed by atoms with van der Waals surface area (Å²) in [6.07, 6.45) is 5.91. The van der Waals surface area contributed by atoms with Crippen molar-refractivity contribution in [3.05, 3.63) is 57.7 Å². The molecule has 2 aromatic heterocycles. The summed E-state index contributed by atoms with van der Waals surface area (Å²) >= 11 is 2.88. The molecule has 3 aromatic rings. The average Bonchev–Trinajstić information content (AvgIpc) is 3.14. The highest BCUT2D eigenvalue weighted by atomic mass is 32.2. The Morgan fingerprint density at radius 2 is 2.16 bits per heavy atom. The van der Waals surface area contributed by atoms with Crippen molar-refractivity contribution in [3.8, 4) is 5.75 Å². The van der Waals surface area contributed by atoms with Crippen LogP contribution in [0.1, 0.15) is 30.2 Å². The summed E-state index contributed by atoms with van der Waals surface area (Å²) in [7, 11) is 0. The maximum absolute atomic E-state index is 13.3. The molecular formula is C23H25N3O3S2. The van der Waals surface area contributed by atoms with E-state index in [4.69, 9.17) is 9.72 Å². The second-order valence-corrected chi connectivity index (χ2v) is 9.28. The van der Waals surface area contributed by atoms with Crippen molar-refractivity contribution >= 4 is 44.9 Å². The van der Waals surface area contributed by atoms with Crippen molar-refractivity contribution in [2.75, 3.05) is 17.7 Å². The van der Waals surface area contributed by atoms with Gasteiger partial charge in [0.2, 0.25) is 5.91 Å². The maximum Gasteiger partial charge on any atom is 0.263 e. The van der Waals surface area contributed by atoms with Crippen LogP contribution >= 0.6 is 23.1 Å². The highest BCUT2D eigenvalue weighted by molar-refractivity contribution is 7.99. The third-order valence-corrected chi connectivity index (χ3v) is 7.31. The largest absolute Gasteiger partial charge is 0.492 e. The second kappa shape index (κ2) is 9.70. The standard InChI is InChI=1S/C23H25N3O3S2/c1-3-13-26-22(28)20-15-9-5-8-12-18(15)31-21(20)25-23(26)30-14-19(27)24-16-10-6-7-11-17(16)29-4-2/h3,6-7,10-11H,1,4-5,8-9,12-14H2,2H3,(H,24,27). The Morgan fingerprint density at radius 3 is 2.97 bits per heavy atom. The van der Waals surface area contributed by atoms with Crippen LogP contribution in [0, 0.1) is 0 Å². The predicted octanol–water partition coefficient (Wildman–Crippen LogP) is 4.65. The van der Waals surface area contributed by atoms with E-state index in [1.807, 2.05) is 31.2 Å². The first-order valence-corrected chi connectivity index (χ1v) is 12.2. The van der Waals surface area contributed by atoms with E-state index in [1.54, 1.807) is 22.0 Å². The number of anilines is 1. The third kappa shape index (κ3) is 4.55. The van der Waals surface area contributed by atoms with Gasteiger partial charge in [-0.3, -0.25) is 14.2 Å². The number of fused-ring (bicyclic) bond motifs is 3. The summed E-state index contributed by atoms with van der Waals surface area (Å²) in [6, 6.07) is 7.34.